The van der Waals surface area contributed by atoms with Crippen molar-refractivity contribution in [1.82, 2.24) is 4.98 Å². The molecule has 0 saturated carbocycles. The molecule has 6 heteroatoms. The summed E-state index contributed by atoms with van der Waals surface area (Å²) in [5, 5.41) is 14.4. The maximum Gasteiger partial charge on any atom is 0.312 e. The van der Waals surface area contributed by atoms with Gasteiger partial charge < -0.3 is 9.52 Å². The lowest BCUT2D eigenvalue weighted by Crippen LogP contribution is -1.80. The Kier molecular flexibility index (Phi) is 2.95. The third-order valence-electron chi connectivity index (χ3n) is 2.19. The lowest BCUT2D eigenvalue weighted by atomic mass is 10.4. The van der Waals surface area contributed by atoms with Crippen LogP contribution in [0.15, 0.2) is 44.4 Å². The van der Waals surface area contributed by atoms with Gasteiger partial charge in [0, 0.05) is 0 Å². The van der Waals surface area contributed by atoms with Crippen LogP contribution in [0.4, 0.5) is 5.00 Å². The first-order chi connectivity index (χ1) is 8.83. The average Bonchev–Trinajstić information content (AvgIpc) is 3.09. The van der Waals surface area contributed by atoms with Gasteiger partial charge >= 0.3 is 5.95 Å². The summed E-state index contributed by atoms with van der Waals surface area (Å²) in [5.74, 6) is 0.203. The summed E-state index contributed by atoms with van der Waals surface area (Å²) in [5.41, 5.74) is 0.340. The van der Waals surface area contributed by atoms with Crippen molar-refractivity contribution in [2.75, 3.05) is 0 Å². The van der Waals surface area contributed by atoms with Crippen LogP contribution in [0.3, 0.4) is 0 Å². The first-order valence-electron chi connectivity index (χ1n) is 5.14. The van der Waals surface area contributed by atoms with Crippen LogP contribution in [0, 0.1) is 0 Å². The second-order valence-electron chi connectivity index (χ2n) is 3.40. The largest absolute Gasteiger partial charge is 0.479 e. The number of nitrogens with zero attached hydrogens (tertiary/aromatic N) is 2. The van der Waals surface area contributed by atoms with Gasteiger partial charge in [0.25, 0.3) is 0 Å². The number of aliphatic imine (C=N–C) groups is 1. The Hall–Kier alpha value is -1.92. The minimum Gasteiger partial charge on any atom is -0.479 e. The Labute approximate surface area is 111 Å². The van der Waals surface area contributed by atoms with Crippen molar-refractivity contribution in [3.05, 3.63) is 40.7 Å². The van der Waals surface area contributed by atoms with E-state index >= 15 is 0 Å². The summed E-state index contributed by atoms with van der Waals surface area (Å²) in [7, 11) is 0. The van der Waals surface area contributed by atoms with Crippen LogP contribution in [-0.4, -0.2) is 16.3 Å². The van der Waals surface area contributed by atoms with Crippen molar-refractivity contribution >= 4 is 33.9 Å². The quantitative estimate of drug-likeness (QED) is 0.737. The van der Waals surface area contributed by atoms with E-state index in [2.05, 4.69) is 9.98 Å². The van der Waals surface area contributed by atoms with Gasteiger partial charge in [0.05, 0.1) is 11.1 Å². The van der Waals surface area contributed by atoms with Crippen molar-refractivity contribution in [2.45, 2.75) is 0 Å². The lowest BCUT2D eigenvalue weighted by Gasteiger charge is -1.84. The summed E-state index contributed by atoms with van der Waals surface area (Å²) in [6.45, 7) is 0. The minimum atomic E-state index is -0.210. The van der Waals surface area contributed by atoms with Gasteiger partial charge in [0.15, 0.2) is 5.69 Å². The molecule has 0 aliphatic rings. The molecule has 0 atom stereocenters. The predicted molar refractivity (Wildman–Crippen MR) is 73.1 cm³/mol. The van der Waals surface area contributed by atoms with E-state index in [4.69, 9.17) is 4.42 Å². The number of oxazole rings is 1. The van der Waals surface area contributed by atoms with Crippen LogP contribution < -0.4 is 0 Å². The topological polar surface area (TPSA) is 58.6 Å². The summed E-state index contributed by atoms with van der Waals surface area (Å²) in [4.78, 5) is 9.28. The number of thiophene rings is 2. The highest BCUT2D eigenvalue weighted by Gasteiger charge is 2.12. The fraction of sp³-hybridized carbons (Fsp3) is 0. The van der Waals surface area contributed by atoms with E-state index in [0.717, 1.165) is 9.88 Å². The Bertz CT molecular complexity index is 654. The Morgan fingerprint density at radius 3 is 2.78 bits per heavy atom. The molecule has 18 heavy (non-hydrogen) atoms. The van der Waals surface area contributed by atoms with Gasteiger partial charge in [-0.1, -0.05) is 6.07 Å². The van der Waals surface area contributed by atoms with E-state index in [0.29, 0.717) is 11.6 Å². The zero-order valence-electron chi connectivity index (χ0n) is 9.11. The molecule has 0 aliphatic carbocycles. The van der Waals surface area contributed by atoms with Crippen molar-refractivity contribution < 1.29 is 9.52 Å². The second kappa shape index (κ2) is 4.75. The van der Waals surface area contributed by atoms with Gasteiger partial charge in [-0.05, 0) is 29.0 Å². The summed E-state index contributed by atoms with van der Waals surface area (Å²) in [6.07, 6.45) is 1.50. The summed E-state index contributed by atoms with van der Waals surface area (Å²) in [6, 6.07) is 7.59. The maximum atomic E-state index is 9.65. The molecule has 3 rings (SSSR count). The van der Waals surface area contributed by atoms with E-state index in [1.807, 2.05) is 35.0 Å². The molecular formula is C12H8N2O2S2. The molecule has 0 spiro atoms. The Balaban J connectivity index is 1.89. The molecule has 3 aromatic heterocycles. The predicted octanol–water partition coefficient (Wildman–Crippen LogP) is 3.92. The average molecular weight is 276 g/mol. The molecular weight excluding hydrogens is 268 g/mol. The summed E-state index contributed by atoms with van der Waals surface area (Å²) >= 11 is 3.02. The normalized spacial score (nSPS) is 11.3. The van der Waals surface area contributed by atoms with Crippen LogP contribution in [-0.2, 0) is 0 Å². The third kappa shape index (κ3) is 2.20. The third-order valence-corrected chi connectivity index (χ3v) is 3.82. The molecule has 0 amide bonds. The van der Waals surface area contributed by atoms with Crippen molar-refractivity contribution in [3.63, 3.8) is 0 Å². The molecule has 1 N–H and O–H groups in total. The first kappa shape index (κ1) is 11.2. The van der Waals surface area contributed by atoms with Crippen molar-refractivity contribution in [1.29, 1.82) is 0 Å². The lowest BCUT2D eigenvalue weighted by molar-refractivity contribution is 0.337. The number of aromatic hydroxyl groups is 1. The van der Waals surface area contributed by atoms with Crippen LogP contribution in [0.1, 0.15) is 5.69 Å². The maximum absolute atomic E-state index is 9.65. The van der Waals surface area contributed by atoms with Gasteiger partial charge in [-0.3, -0.25) is 0 Å². The van der Waals surface area contributed by atoms with Crippen molar-refractivity contribution in [3.8, 4) is 16.7 Å². The molecule has 0 aliphatic heterocycles. The fourth-order valence-electron chi connectivity index (χ4n) is 1.38. The van der Waals surface area contributed by atoms with E-state index in [-0.39, 0.29) is 5.95 Å². The van der Waals surface area contributed by atoms with E-state index in [9.17, 15) is 5.11 Å². The zero-order chi connectivity index (χ0) is 12.4. The molecule has 0 fully saturated rings. The molecule has 0 aromatic carbocycles. The van der Waals surface area contributed by atoms with Gasteiger partial charge in [0.1, 0.15) is 5.00 Å². The van der Waals surface area contributed by atoms with E-state index in [1.54, 1.807) is 0 Å². The molecule has 0 unspecified atom stereocenters. The molecule has 4 nitrogen and oxygen atoms in total. The zero-order valence-corrected chi connectivity index (χ0v) is 10.7. The van der Waals surface area contributed by atoms with E-state index in [1.165, 1.54) is 28.9 Å². The SMILES string of the molecule is Oc1oc(-c2cccs2)nc1C=Nc1cccs1. The van der Waals surface area contributed by atoms with Gasteiger partial charge in [-0.2, -0.15) is 0 Å². The van der Waals surface area contributed by atoms with Gasteiger partial charge in [-0.25, -0.2) is 9.98 Å². The van der Waals surface area contributed by atoms with Crippen LogP contribution in [0.5, 0.6) is 5.95 Å². The molecule has 3 heterocycles. The number of rotatable bonds is 3. The van der Waals surface area contributed by atoms with Gasteiger partial charge in [0.2, 0.25) is 5.89 Å². The number of hydrogen-bond donors (Lipinski definition) is 1. The molecule has 90 valence electrons. The molecule has 0 bridgehead atoms. The highest BCUT2D eigenvalue weighted by Crippen LogP contribution is 2.29. The number of aromatic nitrogens is 1. The van der Waals surface area contributed by atoms with Crippen molar-refractivity contribution in [2.24, 2.45) is 4.99 Å². The highest BCUT2D eigenvalue weighted by molar-refractivity contribution is 7.14. The molecule has 0 saturated heterocycles. The highest BCUT2D eigenvalue weighted by atomic mass is 32.1. The van der Waals surface area contributed by atoms with E-state index < -0.39 is 0 Å². The van der Waals surface area contributed by atoms with Crippen LogP contribution in [0.2, 0.25) is 0 Å². The number of hydrogen-bond acceptors (Lipinski definition) is 6. The summed E-state index contributed by atoms with van der Waals surface area (Å²) < 4.78 is 5.20. The minimum absolute atomic E-state index is 0.210. The fourth-order valence-corrected chi connectivity index (χ4v) is 2.60. The molecule has 3 aromatic rings. The van der Waals surface area contributed by atoms with Gasteiger partial charge in [-0.15, -0.1) is 22.7 Å². The first-order valence-corrected chi connectivity index (χ1v) is 6.90. The standard InChI is InChI=1S/C12H8N2O2S2/c15-12-8(7-13-10-4-2-6-18-10)14-11(16-12)9-3-1-5-17-9/h1-7,15H. The Morgan fingerprint density at radius 2 is 2.06 bits per heavy atom. The van der Waals surface area contributed by atoms with Crippen LogP contribution >= 0.6 is 22.7 Å². The monoisotopic (exact) mass is 276 g/mol. The Morgan fingerprint density at radius 1 is 1.22 bits per heavy atom. The molecule has 0 radical (unpaired) electrons. The van der Waals surface area contributed by atoms with Crippen LogP contribution in [0.25, 0.3) is 10.8 Å². The smallest absolute Gasteiger partial charge is 0.312 e. The second-order valence-corrected chi connectivity index (χ2v) is 5.27.